The van der Waals surface area contributed by atoms with Gasteiger partial charge in [0.05, 0.1) is 33.5 Å². The number of thiazole rings is 1. The van der Waals surface area contributed by atoms with E-state index >= 15 is 0 Å². The molecular formula is C21H17F2N9OS. The predicted octanol–water partition coefficient (Wildman–Crippen LogP) is 3.31. The number of aryl methyl sites for hydroxylation is 2. The molecule has 1 amide bonds. The Balaban J connectivity index is 1.60. The number of rotatable bonds is 6. The lowest BCUT2D eigenvalue weighted by Gasteiger charge is -2.12. The smallest absolute Gasteiger partial charge is 0.282 e. The fourth-order valence-electron chi connectivity index (χ4n) is 3.39. The third-order valence-corrected chi connectivity index (χ3v) is 5.97. The van der Waals surface area contributed by atoms with Gasteiger partial charge in [0.25, 0.3) is 12.3 Å². The van der Waals surface area contributed by atoms with Crippen LogP contribution in [0.2, 0.25) is 0 Å². The zero-order valence-electron chi connectivity index (χ0n) is 18.0. The highest BCUT2D eigenvalue weighted by atomic mass is 32.1. The molecule has 5 aromatic rings. The van der Waals surface area contributed by atoms with Crippen molar-refractivity contribution in [2.45, 2.75) is 26.8 Å². The minimum Gasteiger partial charge on any atom is -0.348 e. The van der Waals surface area contributed by atoms with E-state index < -0.39 is 18.0 Å². The number of pyridine rings is 1. The minimum atomic E-state index is -2.81. The summed E-state index contributed by atoms with van der Waals surface area (Å²) in [5, 5.41) is 11.1. The van der Waals surface area contributed by atoms with Crippen LogP contribution in [0.5, 0.6) is 0 Å². The maximum Gasteiger partial charge on any atom is 0.282 e. The number of halogens is 2. The van der Waals surface area contributed by atoms with Crippen LogP contribution in [0.4, 0.5) is 8.78 Å². The van der Waals surface area contributed by atoms with Crippen LogP contribution >= 0.6 is 11.3 Å². The topological polar surface area (TPSA) is 116 Å². The van der Waals surface area contributed by atoms with Gasteiger partial charge < -0.3 is 5.32 Å². The van der Waals surface area contributed by atoms with E-state index in [-0.39, 0.29) is 17.8 Å². The Bertz CT molecular complexity index is 1490. The molecule has 0 saturated carbocycles. The number of aromatic nitrogens is 8. The van der Waals surface area contributed by atoms with E-state index in [1.54, 1.807) is 42.3 Å². The molecule has 172 valence electrons. The second kappa shape index (κ2) is 8.67. The number of carbonyl (C=O) groups is 1. The third kappa shape index (κ3) is 4.01. The molecule has 5 heterocycles. The SMILES string of the molecule is Cc1ncc(CNC(=O)c2cc(-n3nncc3C(F)F)c3ncc(-c4cnc(C)s4)n3c2)cn1. The van der Waals surface area contributed by atoms with Gasteiger partial charge in [-0.3, -0.25) is 9.20 Å². The number of hydrogen-bond donors (Lipinski definition) is 1. The lowest BCUT2D eigenvalue weighted by molar-refractivity contribution is 0.0950. The maximum absolute atomic E-state index is 13.6. The molecule has 5 rings (SSSR count). The summed E-state index contributed by atoms with van der Waals surface area (Å²) in [7, 11) is 0. The second-order valence-corrected chi connectivity index (χ2v) is 8.62. The van der Waals surface area contributed by atoms with Gasteiger partial charge in [0, 0.05) is 36.9 Å². The highest BCUT2D eigenvalue weighted by molar-refractivity contribution is 7.15. The molecule has 10 nitrogen and oxygen atoms in total. The number of carbonyl (C=O) groups excluding carboxylic acids is 1. The van der Waals surface area contributed by atoms with Crippen LogP contribution in [0.3, 0.4) is 0 Å². The highest BCUT2D eigenvalue weighted by Gasteiger charge is 2.22. The largest absolute Gasteiger partial charge is 0.348 e. The van der Waals surface area contributed by atoms with Crippen LogP contribution in [0.15, 0.2) is 43.2 Å². The van der Waals surface area contributed by atoms with Gasteiger partial charge >= 0.3 is 0 Å². The van der Waals surface area contributed by atoms with E-state index in [1.165, 1.54) is 17.4 Å². The first kappa shape index (κ1) is 21.7. The lowest BCUT2D eigenvalue weighted by atomic mass is 10.2. The Kier molecular flexibility index (Phi) is 5.53. The van der Waals surface area contributed by atoms with E-state index in [2.05, 4.69) is 35.6 Å². The van der Waals surface area contributed by atoms with E-state index in [0.717, 1.165) is 26.3 Å². The Morgan fingerprint density at radius 2 is 1.88 bits per heavy atom. The second-order valence-electron chi connectivity index (χ2n) is 7.39. The van der Waals surface area contributed by atoms with Crippen molar-refractivity contribution in [2.75, 3.05) is 0 Å². The summed E-state index contributed by atoms with van der Waals surface area (Å²) in [6.07, 6.45) is 6.34. The average molecular weight is 481 g/mol. The molecule has 0 fully saturated rings. The zero-order chi connectivity index (χ0) is 23.8. The fraction of sp³-hybridized carbons (Fsp3) is 0.190. The molecule has 0 radical (unpaired) electrons. The molecular weight excluding hydrogens is 464 g/mol. The van der Waals surface area contributed by atoms with Crippen LogP contribution in [-0.4, -0.2) is 45.2 Å². The standard InChI is InChI=1S/C21H17F2N9OS/c1-11-24-4-13(5-25-11)6-28-21(33)14-3-15(32-17(19(22)23)8-29-30-32)20-27-7-16(31(20)10-14)18-9-26-12(2)34-18/h3-5,7-10,19H,6H2,1-2H3,(H,28,33). The van der Waals surface area contributed by atoms with Crippen LogP contribution < -0.4 is 5.32 Å². The summed E-state index contributed by atoms with van der Waals surface area (Å²) in [5.74, 6) is 0.210. The molecule has 5 aromatic heterocycles. The van der Waals surface area contributed by atoms with Gasteiger partial charge in [-0.15, -0.1) is 16.4 Å². The quantitative estimate of drug-likeness (QED) is 0.396. The monoisotopic (exact) mass is 481 g/mol. The van der Waals surface area contributed by atoms with Gasteiger partial charge in [0.2, 0.25) is 0 Å². The normalized spacial score (nSPS) is 11.4. The molecule has 0 aromatic carbocycles. The predicted molar refractivity (Wildman–Crippen MR) is 119 cm³/mol. The molecule has 34 heavy (non-hydrogen) atoms. The zero-order valence-corrected chi connectivity index (χ0v) is 18.8. The molecule has 0 saturated heterocycles. The Hall–Kier alpha value is -4.13. The fourth-order valence-corrected chi connectivity index (χ4v) is 4.17. The average Bonchev–Trinajstić information content (AvgIpc) is 3.57. The summed E-state index contributed by atoms with van der Waals surface area (Å²) in [4.78, 5) is 30.8. The first-order valence-corrected chi connectivity index (χ1v) is 10.9. The summed E-state index contributed by atoms with van der Waals surface area (Å²) >= 11 is 1.45. The first-order valence-electron chi connectivity index (χ1n) is 10.1. The van der Waals surface area contributed by atoms with Gasteiger partial charge in [0.15, 0.2) is 5.65 Å². The minimum absolute atomic E-state index is 0.197. The summed E-state index contributed by atoms with van der Waals surface area (Å²) in [6.45, 7) is 3.84. The number of nitrogens with one attached hydrogen (secondary N) is 1. The van der Waals surface area contributed by atoms with Crippen LogP contribution in [-0.2, 0) is 6.54 Å². The molecule has 0 atom stereocenters. The number of imidazole rings is 1. The summed E-state index contributed by atoms with van der Waals surface area (Å²) in [6, 6.07) is 1.46. The highest BCUT2D eigenvalue weighted by Crippen LogP contribution is 2.30. The maximum atomic E-state index is 13.6. The van der Waals surface area contributed by atoms with Gasteiger partial charge in [0.1, 0.15) is 17.2 Å². The van der Waals surface area contributed by atoms with Crippen LogP contribution in [0.1, 0.15) is 38.9 Å². The third-order valence-electron chi connectivity index (χ3n) is 5.04. The number of alkyl halides is 2. The number of hydrogen-bond acceptors (Lipinski definition) is 8. The van der Waals surface area contributed by atoms with Crippen molar-refractivity contribution in [3.63, 3.8) is 0 Å². The van der Waals surface area contributed by atoms with Crippen LogP contribution in [0, 0.1) is 13.8 Å². The first-order chi connectivity index (χ1) is 16.4. The van der Waals surface area contributed by atoms with Crippen molar-refractivity contribution < 1.29 is 13.6 Å². The van der Waals surface area contributed by atoms with Gasteiger partial charge in [-0.2, -0.15) is 0 Å². The molecule has 0 aliphatic rings. The van der Waals surface area contributed by atoms with Crippen molar-refractivity contribution in [3.05, 3.63) is 70.9 Å². The molecule has 1 N–H and O–H groups in total. The Morgan fingerprint density at radius 3 is 2.59 bits per heavy atom. The van der Waals surface area contributed by atoms with Crippen molar-refractivity contribution in [1.82, 2.24) is 44.6 Å². The molecule has 0 spiro atoms. The number of amides is 1. The van der Waals surface area contributed by atoms with Gasteiger partial charge in [-0.25, -0.2) is 33.4 Å². The van der Waals surface area contributed by atoms with Gasteiger partial charge in [-0.05, 0) is 19.9 Å². The van der Waals surface area contributed by atoms with E-state index in [0.29, 0.717) is 17.2 Å². The number of fused-ring (bicyclic) bond motifs is 1. The summed E-state index contributed by atoms with van der Waals surface area (Å²) < 4.78 is 29.8. The van der Waals surface area contributed by atoms with Crippen molar-refractivity contribution in [3.8, 4) is 16.3 Å². The Morgan fingerprint density at radius 1 is 1.09 bits per heavy atom. The Labute approximate surface area is 195 Å². The summed E-state index contributed by atoms with van der Waals surface area (Å²) in [5.41, 5.74) is 1.76. The number of nitrogens with zero attached hydrogens (tertiary/aromatic N) is 8. The van der Waals surface area contributed by atoms with Crippen molar-refractivity contribution in [1.29, 1.82) is 0 Å². The lowest BCUT2D eigenvalue weighted by Crippen LogP contribution is -2.24. The molecule has 0 aliphatic heterocycles. The van der Waals surface area contributed by atoms with Crippen LogP contribution in [0.25, 0.3) is 21.9 Å². The van der Waals surface area contributed by atoms with Crippen molar-refractivity contribution >= 4 is 22.9 Å². The molecule has 0 aliphatic carbocycles. The molecule has 13 heteroatoms. The van der Waals surface area contributed by atoms with E-state index in [1.807, 2.05) is 6.92 Å². The van der Waals surface area contributed by atoms with Gasteiger partial charge in [-0.1, -0.05) is 5.21 Å². The van der Waals surface area contributed by atoms with E-state index in [4.69, 9.17) is 0 Å². The molecule has 0 bridgehead atoms. The van der Waals surface area contributed by atoms with E-state index in [9.17, 15) is 13.6 Å². The van der Waals surface area contributed by atoms with Crippen molar-refractivity contribution in [2.24, 2.45) is 0 Å². The molecule has 0 unspecified atom stereocenters.